The summed E-state index contributed by atoms with van der Waals surface area (Å²) < 4.78 is 74.7. The van der Waals surface area contributed by atoms with Crippen LogP contribution in [0, 0.1) is 11.3 Å². The van der Waals surface area contributed by atoms with Crippen LogP contribution in [0.4, 0.5) is 26.3 Å². The van der Waals surface area contributed by atoms with Gasteiger partial charge in [-0.05, 0) is 29.7 Å². The van der Waals surface area contributed by atoms with Crippen LogP contribution in [0.1, 0.15) is 28.4 Å². The molecule has 0 radical (unpaired) electrons. The lowest BCUT2D eigenvalue weighted by Gasteiger charge is -2.12. The van der Waals surface area contributed by atoms with Gasteiger partial charge >= 0.3 is 12.4 Å². The second-order valence-electron chi connectivity index (χ2n) is 4.91. The quantitative estimate of drug-likeness (QED) is 0.777. The van der Waals surface area contributed by atoms with E-state index in [1.54, 1.807) is 0 Å². The van der Waals surface area contributed by atoms with E-state index < -0.39 is 29.7 Å². The zero-order chi connectivity index (χ0) is 18.0. The van der Waals surface area contributed by atoms with Crippen molar-refractivity contribution in [1.29, 1.82) is 5.26 Å². The Morgan fingerprint density at radius 3 is 1.79 bits per heavy atom. The van der Waals surface area contributed by atoms with Crippen molar-refractivity contribution in [3.05, 3.63) is 59.2 Å². The van der Waals surface area contributed by atoms with Crippen LogP contribution in [-0.4, -0.2) is 9.97 Å². The summed E-state index contributed by atoms with van der Waals surface area (Å²) in [7, 11) is 0. The van der Waals surface area contributed by atoms with Gasteiger partial charge in [0.2, 0.25) is 0 Å². The smallest absolute Gasteiger partial charge is 0.252 e. The van der Waals surface area contributed by atoms with Crippen molar-refractivity contribution < 1.29 is 26.3 Å². The summed E-state index contributed by atoms with van der Waals surface area (Å²) in [6, 6.07) is 5.74. The summed E-state index contributed by atoms with van der Waals surface area (Å²) in [6.07, 6.45) is -7.21. The fourth-order valence-electron chi connectivity index (χ4n) is 1.97. The Balaban J connectivity index is 2.17. The maximum absolute atomic E-state index is 12.5. The summed E-state index contributed by atoms with van der Waals surface area (Å²) >= 11 is 0. The van der Waals surface area contributed by atoms with E-state index in [2.05, 4.69) is 9.97 Å². The van der Waals surface area contributed by atoms with Crippen molar-refractivity contribution >= 4 is 0 Å². The minimum atomic E-state index is -4.59. The molecule has 126 valence electrons. The van der Waals surface area contributed by atoms with Crippen LogP contribution in [-0.2, 0) is 18.8 Å². The average molecular weight is 345 g/mol. The molecule has 3 nitrogen and oxygen atoms in total. The summed E-state index contributed by atoms with van der Waals surface area (Å²) in [5.74, 6) is -0.849. The molecule has 2 aromatic rings. The first kappa shape index (κ1) is 17.7. The second-order valence-corrected chi connectivity index (χ2v) is 4.91. The highest BCUT2D eigenvalue weighted by Crippen LogP contribution is 2.30. The molecular weight excluding hydrogens is 336 g/mol. The fourth-order valence-corrected chi connectivity index (χ4v) is 1.97. The van der Waals surface area contributed by atoms with Crippen molar-refractivity contribution in [2.24, 2.45) is 0 Å². The lowest BCUT2D eigenvalue weighted by molar-refractivity contribution is -0.142. The number of aromatic nitrogens is 2. The highest BCUT2D eigenvalue weighted by atomic mass is 19.4. The zero-order valence-corrected chi connectivity index (χ0v) is 11.9. The van der Waals surface area contributed by atoms with Gasteiger partial charge in [0.05, 0.1) is 12.0 Å². The van der Waals surface area contributed by atoms with Crippen molar-refractivity contribution in [1.82, 2.24) is 9.97 Å². The normalized spacial score (nSPS) is 13.4. The maximum Gasteiger partial charge on any atom is 0.433 e. The van der Waals surface area contributed by atoms with Gasteiger partial charge in [-0.15, -0.1) is 0 Å². The van der Waals surface area contributed by atoms with Crippen LogP contribution in [0.2, 0.25) is 0 Å². The Bertz CT molecular complexity index is 726. The van der Waals surface area contributed by atoms with Gasteiger partial charge in [-0.25, -0.2) is 0 Å². The molecule has 0 bridgehead atoms. The van der Waals surface area contributed by atoms with E-state index in [0.29, 0.717) is 5.56 Å². The standard InChI is InChI=1S/C15H9F6N3/c16-14(17,18)12-3-1-9(7-23-12)5-11(6-22)10-2-4-13(24-8-10)15(19,20)21/h1-4,7-8,11H,5H2. The first-order chi connectivity index (χ1) is 11.1. The Morgan fingerprint density at radius 1 is 0.875 bits per heavy atom. The van der Waals surface area contributed by atoms with E-state index in [-0.39, 0.29) is 12.0 Å². The van der Waals surface area contributed by atoms with E-state index in [1.807, 2.05) is 6.07 Å². The molecule has 0 aliphatic carbocycles. The number of hydrogen-bond donors (Lipinski definition) is 0. The van der Waals surface area contributed by atoms with E-state index in [0.717, 1.165) is 30.6 Å². The highest BCUT2D eigenvalue weighted by Gasteiger charge is 2.33. The number of hydrogen-bond acceptors (Lipinski definition) is 3. The van der Waals surface area contributed by atoms with Gasteiger partial charge < -0.3 is 0 Å². The molecule has 0 amide bonds. The van der Waals surface area contributed by atoms with Crippen molar-refractivity contribution in [3.63, 3.8) is 0 Å². The monoisotopic (exact) mass is 345 g/mol. The van der Waals surface area contributed by atoms with Gasteiger partial charge in [-0.2, -0.15) is 31.6 Å². The first-order valence-electron chi connectivity index (χ1n) is 6.56. The van der Waals surface area contributed by atoms with Crippen LogP contribution in [0.5, 0.6) is 0 Å². The molecule has 0 saturated carbocycles. The van der Waals surface area contributed by atoms with Gasteiger partial charge in [0.25, 0.3) is 0 Å². The fraction of sp³-hybridized carbons (Fsp3) is 0.267. The van der Waals surface area contributed by atoms with Crippen LogP contribution in [0.25, 0.3) is 0 Å². The predicted molar refractivity (Wildman–Crippen MR) is 70.5 cm³/mol. The summed E-state index contributed by atoms with van der Waals surface area (Å²) in [4.78, 5) is 6.54. The van der Waals surface area contributed by atoms with E-state index in [9.17, 15) is 26.3 Å². The Labute approximate surface area is 132 Å². The molecule has 0 N–H and O–H groups in total. The summed E-state index contributed by atoms with van der Waals surface area (Å²) in [5, 5.41) is 9.15. The van der Waals surface area contributed by atoms with Gasteiger partial charge in [0, 0.05) is 12.4 Å². The minimum Gasteiger partial charge on any atom is -0.252 e. The number of nitriles is 1. The third kappa shape index (κ3) is 4.22. The summed E-state index contributed by atoms with van der Waals surface area (Å²) in [5.41, 5.74) is -1.55. The topological polar surface area (TPSA) is 49.6 Å². The molecule has 24 heavy (non-hydrogen) atoms. The first-order valence-corrected chi connectivity index (χ1v) is 6.56. The van der Waals surface area contributed by atoms with Gasteiger partial charge in [-0.1, -0.05) is 12.1 Å². The molecule has 0 spiro atoms. The average Bonchev–Trinajstić information content (AvgIpc) is 2.51. The van der Waals surface area contributed by atoms with Crippen LogP contribution >= 0.6 is 0 Å². The van der Waals surface area contributed by atoms with Gasteiger partial charge in [0.15, 0.2) is 0 Å². The maximum atomic E-state index is 12.5. The number of pyridine rings is 2. The minimum absolute atomic E-state index is 0.00861. The molecule has 1 unspecified atom stereocenters. The molecule has 0 fully saturated rings. The highest BCUT2D eigenvalue weighted by molar-refractivity contribution is 5.28. The van der Waals surface area contributed by atoms with Gasteiger partial charge in [0.1, 0.15) is 11.4 Å². The Kier molecular flexibility index (Phi) is 4.78. The molecule has 2 heterocycles. The van der Waals surface area contributed by atoms with Crippen molar-refractivity contribution in [2.45, 2.75) is 24.7 Å². The molecule has 0 aliphatic heterocycles. The van der Waals surface area contributed by atoms with Crippen LogP contribution in [0.3, 0.4) is 0 Å². The van der Waals surface area contributed by atoms with E-state index in [4.69, 9.17) is 5.26 Å². The number of alkyl halides is 6. The molecule has 2 aromatic heterocycles. The largest absolute Gasteiger partial charge is 0.433 e. The Morgan fingerprint density at radius 2 is 1.42 bits per heavy atom. The molecule has 0 aromatic carbocycles. The summed E-state index contributed by atoms with van der Waals surface area (Å²) in [6.45, 7) is 0. The van der Waals surface area contributed by atoms with Crippen molar-refractivity contribution in [2.75, 3.05) is 0 Å². The van der Waals surface area contributed by atoms with Crippen LogP contribution < -0.4 is 0 Å². The van der Waals surface area contributed by atoms with E-state index >= 15 is 0 Å². The van der Waals surface area contributed by atoms with Crippen LogP contribution in [0.15, 0.2) is 36.7 Å². The lowest BCUT2D eigenvalue weighted by Crippen LogP contribution is -2.10. The molecule has 9 heteroatoms. The third-order valence-corrected chi connectivity index (χ3v) is 3.19. The third-order valence-electron chi connectivity index (χ3n) is 3.19. The molecule has 0 aliphatic rings. The lowest BCUT2D eigenvalue weighted by atomic mass is 9.95. The number of nitrogens with zero attached hydrogens (tertiary/aromatic N) is 3. The predicted octanol–water partition coefficient (Wildman–Crippen LogP) is 4.36. The number of halogens is 6. The molecule has 0 saturated heterocycles. The zero-order valence-electron chi connectivity index (χ0n) is 11.9. The molecule has 1 atom stereocenters. The molecular formula is C15H9F6N3. The number of rotatable bonds is 3. The van der Waals surface area contributed by atoms with E-state index in [1.165, 1.54) is 6.07 Å². The Hall–Kier alpha value is -2.63. The SMILES string of the molecule is N#CC(Cc1ccc(C(F)(F)F)nc1)c1ccc(C(F)(F)F)nc1. The van der Waals surface area contributed by atoms with Gasteiger partial charge in [-0.3, -0.25) is 9.97 Å². The molecule has 2 rings (SSSR count). The van der Waals surface area contributed by atoms with Crippen molar-refractivity contribution in [3.8, 4) is 6.07 Å². The second kappa shape index (κ2) is 6.47.